The van der Waals surface area contributed by atoms with Gasteiger partial charge in [0.25, 0.3) is 0 Å². The van der Waals surface area contributed by atoms with E-state index in [1.54, 1.807) is 0 Å². The molecule has 0 saturated carbocycles. The molecule has 0 fully saturated rings. The van der Waals surface area contributed by atoms with Crippen molar-refractivity contribution in [3.8, 4) is 0 Å². The second-order valence-corrected chi connectivity index (χ2v) is 0.681. The van der Waals surface area contributed by atoms with Crippen LogP contribution in [0.1, 0.15) is 0 Å². The number of hydrogen-bond donors (Lipinski definition) is 2. The Labute approximate surface area is 40.6 Å². The molecule has 0 aromatic rings. The molecule has 0 spiro atoms. The summed E-state index contributed by atoms with van der Waals surface area (Å²) in [5.41, 5.74) is 2.22. The SMILES string of the molecule is NN=CNN=S. The van der Waals surface area contributed by atoms with E-state index in [-0.39, 0.29) is 0 Å². The summed E-state index contributed by atoms with van der Waals surface area (Å²) in [6.07, 6.45) is 1.19. The van der Waals surface area contributed by atoms with Crippen LogP contribution in [0.5, 0.6) is 0 Å². The van der Waals surface area contributed by atoms with E-state index in [2.05, 4.69) is 33.3 Å². The number of nitrogens with one attached hydrogen (secondary N) is 1. The van der Waals surface area contributed by atoms with Gasteiger partial charge in [-0.3, -0.25) is 5.43 Å². The number of nitrogens with two attached hydrogens (primary N) is 1. The van der Waals surface area contributed by atoms with Crippen molar-refractivity contribution >= 4 is 18.8 Å². The predicted octanol–water partition coefficient (Wildman–Crippen LogP) is -0.877. The highest BCUT2D eigenvalue weighted by molar-refractivity contribution is 7.47. The quantitative estimate of drug-likeness (QED) is 0.207. The summed E-state index contributed by atoms with van der Waals surface area (Å²) < 4.78 is 3.03. The molecule has 5 heteroatoms. The number of nitrogens with zero attached hydrogens (tertiary/aromatic N) is 2. The fourth-order valence-corrected chi connectivity index (χ4v) is 0.104. The van der Waals surface area contributed by atoms with E-state index in [4.69, 9.17) is 0 Å². The molecular formula is CH4N4S. The van der Waals surface area contributed by atoms with Crippen LogP contribution in [0.2, 0.25) is 0 Å². The normalized spacial score (nSPS) is 8.67. The van der Waals surface area contributed by atoms with Crippen LogP contribution in [0.3, 0.4) is 0 Å². The van der Waals surface area contributed by atoms with Gasteiger partial charge < -0.3 is 5.84 Å². The van der Waals surface area contributed by atoms with E-state index in [1.165, 1.54) is 6.34 Å². The highest BCUT2D eigenvalue weighted by Crippen LogP contribution is 1.40. The van der Waals surface area contributed by atoms with E-state index < -0.39 is 0 Å². The molecule has 0 saturated heterocycles. The fourth-order valence-electron chi connectivity index (χ4n) is 0.0569. The number of hydrazone groups is 1. The van der Waals surface area contributed by atoms with Gasteiger partial charge in [-0.1, -0.05) is 0 Å². The topological polar surface area (TPSA) is 62.8 Å². The lowest BCUT2D eigenvalue weighted by Crippen LogP contribution is -2.00. The van der Waals surface area contributed by atoms with Gasteiger partial charge in [-0.15, -0.1) is 4.47 Å². The van der Waals surface area contributed by atoms with Crippen molar-refractivity contribution in [1.82, 2.24) is 5.43 Å². The molecule has 34 valence electrons. The molecule has 0 aliphatic heterocycles. The van der Waals surface area contributed by atoms with Crippen molar-refractivity contribution in [1.29, 1.82) is 0 Å². The first-order valence-electron chi connectivity index (χ1n) is 1.21. The van der Waals surface area contributed by atoms with Gasteiger partial charge in [-0.2, -0.15) is 5.10 Å². The van der Waals surface area contributed by atoms with E-state index in [0.717, 1.165) is 0 Å². The molecule has 0 heterocycles. The first-order valence-corrected chi connectivity index (χ1v) is 1.58. The molecule has 4 nitrogen and oxygen atoms in total. The zero-order valence-corrected chi connectivity index (χ0v) is 3.77. The Kier molecular flexibility index (Phi) is 3.78. The maximum Gasteiger partial charge on any atom is 0.129 e. The predicted molar refractivity (Wildman–Crippen MR) is 25.6 cm³/mol. The average Bonchev–Trinajstić information content (AvgIpc) is 1.61. The highest BCUT2D eigenvalue weighted by atomic mass is 32.1. The fraction of sp³-hybridized carbons (Fsp3) is 0. The molecule has 0 aromatic heterocycles. The van der Waals surface area contributed by atoms with Crippen molar-refractivity contribution in [2.45, 2.75) is 0 Å². The first kappa shape index (κ1) is 5.29. The van der Waals surface area contributed by atoms with Crippen molar-refractivity contribution in [3.05, 3.63) is 0 Å². The molecule has 0 radical (unpaired) electrons. The standard InChI is InChI=1S/CH4N4S/c2-3-1-4-5-6/h1H,2H2,(H,3,4,6). The Morgan fingerprint density at radius 3 is 2.67 bits per heavy atom. The van der Waals surface area contributed by atoms with Gasteiger partial charge in [0.15, 0.2) is 0 Å². The van der Waals surface area contributed by atoms with Crippen LogP contribution in [0, 0.1) is 0 Å². The first-order chi connectivity index (χ1) is 2.91. The minimum absolute atomic E-state index is 1.19. The second kappa shape index (κ2) is 4.29. The molecule has 0 unspecified atom stereocenters. The minimum Gasteiger partial charge on any atom is -0.322 e. The summed E-state index contributed by atoms with van der Waals surface area (Å²) in [5.74, 6) is 4.62. The summed E-state index contributed by atoms with van der Waals surface area (Å²) in [7, 11) is 0. The third-order valence-electron chi connectivity index (χ3n) is 0.185. The Morgan fingerprint density at radius 2 is 2.50 bits per heavy atom. The Hall–Kier alpha value is -0.710. The van der Waals surface area contributed by atoms with Crippen molar-refractivity contribution in [2.24, 2.45) is 15.4 Å². The van der Waals surface area contributed by atoms with Gasteiger partial charge in [0.05, 0.1) is 12.4 Å². The maximum absolute atomic E-state index is 4.62. The maximum atomic E-state index is 4.62. The lowest BCUT2D eigenvalue weighted by atomic mass is 11.4. The monoisotopic (exact) mass is 104 g/mol. The molecule has 0 rings (SSSR count). The van der Waals surface area contributed by atoms with Crippen molar-refractivity contribution in [2.75, 3.05) is 0 Å². The average molecular weight is 104 g/mol. The third-order valence-corrected chi connectivity index (χ3v) is 0.290. The summed E-state index contributed by atoms with van der Waals surface area (Å²) in [4.78, 5) is 0. The molecule has 0 aromatic carbocycles. The number of hydrogen-bond acceptors (Lipinski definition) is 4. The van der Waals surface area contributed by atoms with Crippen LogP contribution < -0.4 is 11.3 Å². The van der Waals surface area contributed by atoms with Crippen molar-refractivity contribution < 1.29 is 0 Å². The van der Waals surface area contributed by atoms with Gasteiger partial charge in [0.2, 0.25) is 0 Å². The zero-order chi connectivity index (χ0) is 4.83. The number of rotatable bonds is 2. The Balaban J connectivity index is 2.85. The third kappa shape index (κ3) is 3.29. The van der Waals surface area contributed by atoms with Crippen LogP contribution in [0.15, 0.2) is 9.57 Å². The van der Waals surface area contributed by atoms with Gasteiger partial charge >= 0.3 is 0 Å². The summed E-state index contributed by atoms with van der Waals surface area (Å²) in [6, 6.07) is 0. The lowest BCUT2D eigenvalue weighted by molar-refractivity contribution is 1.06. The Bertz CT molecular complexity index is 58.6. The summed E-state index contributed by atoms with van der Waals surface area (Å²) in [6.45, 7) is 0. The minimum atomic E-state index is 1.19. The second-order valence-electron chi connectivity index (χ2n) is 0.499. The van der Waals surface area contributed by atoms with Gasteiger partial charge in [-0.05, 0) is 0 Å². The van der Waals surface area contributed by atoms with Crippen LogP contribution in [-0.2, 0) is 12.4 Å². The summed E-state index contributed by atoms with van der Waals surface area (Å²) in [5, 5.41) is 3.03. The molecule has 0 atom stereocenters. The van der Waals surface area contributed by atoms with Gasteiger partial charge in [-0.25, -0.2) is 0 Å². The van der Waals surface area contributed by atoms with Crippen molar-refractivity contribution in [3.63, 3.8) is 0 Å². The molecule has 0 aliphatic carbocycles. The smallest absolute Gasteiger partial charge is 0.129 e. The molecule has 0 amide bonds. The van der Waals surface area contributed by atoms with E-state index >= 15 is 0 Å². The van der Waals surface area contributed by atoms with Crippen LogP contribution in [-0.4, -0.2) is 6.34 Å². The molecule has 0 bridgehead atoms. The Morgan fingerprint density at radius 1 is 1.83 bits per heavy atom. The van der Waals surface area contributed by atoms with Gasteiger partial charge in [0, 0.05) is 0 Å². The summed E-state index contributed by atoms with van der Waals surface area (Å²) >= 11 is 4.08. The molecule has 6 heavy (non-hydrogen) atoms. The lowest BCUT2D eigenvalue weighted by Gasteiger charge is -1.75. The van der Waals surface area contributed by atoms with Crippen LogP contribution in [0.4, 0.5) is 0 Å². The van der Waals surface area contributed by atoms with E-state index in [0.29, 0.717) is 0 Å². The zero-order valence-electron chi connectivity index (χ0n) is 2.96. The highest BCUT2D eigenvalue weighted by Gasteiger charge is 1.54. The van der Waals surface area contributed by atoms with Crippen LogP contribution >= 0.6 is 0 Å². The van der Waals surface area contributed by atoms with E-state index in [9.17, 15) is 0 Å². The van der Waals surface area contributed by atoms with E-state index in [1.807, 2.05) is 0 Å². The molecule has 0 aliphatic rings. The largest absolute Gasteiger partial charge is 0.322 e. The van der Waals surface area contributed by atoms with Gasteiger partial charge in [0.1, 0.15) is 6.34 Å². The van der Waals surface area contributed by atoms with Crippen LogP contribution in [0.25, 0.3) is 0 Å². The molecule has 3 N–H and O–H groups in total. The molecular weight excluding hydrogens is 100 g/mol.